The zero-order valence-electron chi connectivity index (χ0n) is 18.4. The first kappa shape index (κ1) is 23.0. The molecule has 6 nitrogen and oxygen atoms in total. The number of piperidine rings is 1. The summed E-state index contributed by atoms with van der Waals surface area (Å²) in [7, 11) is 0. The smallest absolute Gasteiger partial charge is 0.254 e. The minimum absolute atomic E-state index is 0.208. The molecule has 0 unspecified atom stereocenters. The summed E-state index contributed by atoms with van der Waals surface area (Å²) in [4.78, 5) is 17.7. The molecular weight excluding hydrogens is 422 g/mol. The molecule has 7 heteroatoms. The molecule has 2 saturated heterocycles. The van der Waals surface area contributed by atoms with E-state index in [1.807, 2.05) is 25.1 Å². The van der Waals surface area contributed by atoms with Crippen LogP contribution in [0.25, 0.3) is 6.08 Å². The Hall–Kier alpha value is -2.19. The lowest BCUT2D eigenvalue weighted by atomic mass is 9.75. The predicted molar refractivity (Wildman–Crippen MR) is 128 cm³/mol. The average molecular weight is 454 g/mol. The summed E-state index contributed by atoms with van der Waals surface area (Å²) in [5.74, 6) is 0.496. The molecule has 2 aliphatic heterocycles. The lowest BCUT2D eigenvalue weighted by Gasteiger charge is -2.50. The van der Waals surface area contributed by atoms with Gasteiger partial charge in [-0.3, -0.25) is 4.79 Å². The van der Waals surface area contributed by atoms with Crippen LogP contribution in [0, 0.1) is 0 Å². The van der Waals surface area contributed by atoms with Crippen molar-refractivity contribution in [3.8, 4) is 0 Å². The summed E-state index contributed by atoms with van der Waals surface area (Å²) >= 11 is 1.52. The third-order valence-electron chi connectivity index (χ3n) is 6.33. The lowest BCUT2D eigenvalue weighted by molar-refractivity contribution is -0.169. The highest BCUT2D eigenvalue weighted by atomic mass is 32.2. The molecule has 1 aromatic carbocycles. The minimum atomic E-state index is -0.756. The number of nitrogens with zero attached hydrogens (tertiary/aromatic N) is 1. The van der Waals surface area contributed by atoms with Gasteiger partial charge < -0.3 is 20.5 Å². The van der Waals surface area contributed by atoms with Gasteiger partial charge in [-0.15, -0.1) is 11.8 Å². The van der Waals surface area contributed by atoms with Crippen molar-refractivity contribution in [1.82, 2.24) is 15.6 Å². The van der Waals surface area contributed by atoms with E-state index in [1.165, 1.54) is 11.8 Å². The van der Waals surface area contributed by atoms with Crippen LogP contribution in [0.2, 0.25) is 0 Å². The molecule has 170 valence electrons. The van der Waals surface area contributed by atoms with Gasteiger partial charge in [0.15, 0.2) is 0 Å². The SMILES string of the molecule is C[C@]1(NC(=O)c2cccnc2SC/C=C/c2ccccc2)CC2(CCNCC2)OC[C@@H]1O. The number of rotatable bonds is 6. The van der Waals surface area contributed by atoms with E-state index >= 15 is 0 Å². The quantitative estimate of drug-likeness (QED) is 0.583. The number of pyridine rings is 1. The summed E-state index contributed by atoms with van der Waals surface area (Å²) in [6.07, 6.45) is 7.44. The van der Waals surface area contributed by atoms with Gasteiger partial charge in [0, 0.05) is 18.4 Å². The van der Waals surface area contributed by atoms with Gasteiger partial charge in [0.2, 0.25) is 0 Å². The first-order valence-corrected chi connectivity index (χ1v) is 12.1. The van der Waals surface area contributed by atoms with E-state index in [9.17, 15) is 9.90 Å². The van der Waals surface area contributed by atoms with Crippen LogP contribution in [0.4, 0.5) is 0 Å². The Morgan fingerprint density at radius 2 is 2.06 bits per heavy atom. The Morgan fingerprint density at radius 3 is 2.84 bits per heavy atom. The summed E-state index contributed by atoms with van der Waals surface area (Å²) in [5, 5.41) is 17.9. The highest BCUT2D eigenvalue weighted by Crippen LogP contribution is 2.38. The first-order valence-electron chi connectivity index (χ1n) is 11.1. The van der Waals surface area contributed by atoms with Crippen molar-refractivity contribution in [2.75, 3.05) is 25.4 Å². The Kier molecular flexibility index (Phi) is 7.30. The maximum atomic E-state index is 13.3. The van der Waals surface area contributed by atoms with E-state index in [1.54, 1.807) is 18.3 Å². The topological polar surface area (TPSA) is 83.5 Å². The molecule has 0 bridgehead atoms. The molecule has 3 heterocycles. The fraction of sp³-hybridized carbons (Fsp3) is 0.440. The highest BCUT2D eigenvalue weighted by Gasteiger charge is 2.49. The fourth-order valence-corrected chi connectivity index (χ4v) is 5.29. The third kappa shape index (κ3) is 5.41. The number of hydrogen-bond donors (Lipinski definition) is 3. The Labute approximate surface area is 193 Å². The van der Waals surface area contributed by atoms with Gasteiger partial charge in [-0.25, -0.2) is 4.98 Å². The second-order valence-electron chi connectivity index (χ2n) is 8.79. The van der Waals surface area contributed by atoms with Gasteiger partial charge >= 0.3 is 0 Å². The standard InChI is InChI=1S/C25H31N3O3S/c1-24(18-25(31-17-21(24)29)11-14-26-15-12-25)28-22(30)20-10-5-13-27-23(20)32-16-6-9-19-7-3-2-4-8-19/h2-10,13,21,26,29H,11-12,14-18H2,1H3,(H,28,30)/b9-6+/t21-,24-/m0/s1. The van der Waals surface area contributed by atoms with Gasteiger partial charge in [0.05, 0.1) is 23.3 Å². The van der Waals surface area contributed by atoms with Gasteiger partial charge in [-0.1, -0.05) is 42.5 Å². The number of aromatic nitrogens is 1. The molecule has 3 N–H and O–H groups in total. The van der Waals surface area contributed by atoms with Crippen molar-refractivity contribution in [2.24, 2.45) is 0 Å². The molecule has 0 radical (unpaired) electrons. The molecule has 1 amide bonds. The molecule has 2 aliphatic rings. The summed E-state index contributed by atoms with van der Waals surface area (Å²) in [6, 6.07) is 13.7. The first-order chi connectivity index (χ1) is 15.5. The van der Waals surface area contributed by atoms with Crippen molar-refractivity contribution >= 4 is 23.7 Å². The zero-order chi connectivity index (χ0) is 22.4. The van der Waals surface area contributed by atoms with E-state index in [4.69, 9.17) is 4.74 Å². The lowest BCUT2D eigenvalue weighted by Crippen LogP contribution is -2.65. The number of benzene rings is 1. The van der Waals surface area contributed by atoms with Crippen LogP contribution >= 0.6 is 11.8 Å². The van der Waals surface area contributed by atoms with Gasteiger partial charge in [-0.2, -0.15) is 0 Å². The Bertz CT molecular complexity index is 946. The van der Waals surface area contributed by atoms with Gasteiger partial charge in [0.1, 0.15) is 11.1 Å². The largest absolute Gasteiger partial charge is 0.388 e. The molecule has 0 saturated carbocycles. The van der Waals surface area contributed by atoms with Crippen LogP contribution in [0.15, 0.2) is 59.8 Å². The van der Waals surface area contributed by atoms with E-state index in [0.717, 1.165) is 31.5 Å². The van der Waals surface area contributed by atoms with Crippen molar-refractivity contribution in [2.45, 2.75) is 48.5 Å². The van der Waals surface area contributed by atoms with Crippen LogP contribution in [0.3, 0.4) is 0 Å². The third-order valence-corrected chi connectivity index (χ3v) is 7.29. The predicted octanol–water partition coefficient (Wildman–Crippen LogP) is 3.28. The second-order valence-corrected chi connectivity index (χ2v) is 9.80. The number of ether oxygens (including phenoxy) is 1. The van der Waals surface area contributed by atoms with Crippen molar-refractivity contribution in [1.29, 1.82) is 0 Å². The Morgan fingerprint density at radius 1 is 1.28 bits per heavy atom. The maximum absolute atomic E-state index is 13.3. The highest BCUT2D eigenvalue weighted by molar-refractivity contribution is 7.99. The molecule has 1 spiro atoms. The van der Waals surface area contributed by atoms with Crippen LogP contribution in [0.5, 0.6) is 0 Å². The van der Waals surface area contributed by atoms with Crippen molar-refractivity contribution < 1.29 is 14.6 Å². The maximum Gasteiger partial charge on any atom is 0.254 e. The van der Waals surface area contributed by atoms with Gasteiger partial charge in [-0.05, 0) is 50.6 Å². The fourth-order valence-electron chi connectivity index (χ4n) is 4.49. The number of thioether (sulfide) groups is 1. The molecule has 4 rings (SSSR count). The Balaban J connectivity index is 1.43. The van der Waals surface area contributed by atoms with E-state index in [2.05, 4.69) is 39.9 Å². The van der Waals surface area contributed by atoms with Crippen LogP contribution in [0.1, 0.15) is 42.1 Å². The van der Waals surface area contributed by atoms with E-state index in [0.29, 0.717) is 22.8 Å². The molecule has 0 aliphatic carbocycles. The van der Waals surface area contributed by atoms with Gasteiger partial charge in [0.25, 0.3) is 5.91 Å². The molecule has 2 aromatic rings. The summed E-state index contributed by atoms with van der Waals surface area (Å²) in [5.41, 5.74) is 0.629. The van der Waals surface area contributed by atoms with Crippen LogP contribution < -0.4 is 10.6 Å². The molecular formula is C25H31N3O3S. The monoisotopic (exact) mass is 453 g/mol. The average Bonchev–Trinajstić information content (AvgIpc) is 2.81. The number of hydrogen-bond acceptors (Lipinski definition) is 6. The normalized spacial score (nSPS) is 25.1. The van der Waals surface area contributed by atoms with E-state index < -0.39 is 11.6 Å². The van der Waals surface area contributed by atoms with Crippen LogP contribution in [-0.2, 0) is 4.74 Å². The molecule has 1 aromatic heterocycles. The number of carbonyl (C=O) groups is 1. The number of amides is 1. The molecule has 32 heavy (non-hydrogen) atoms. The van der Waals surface area contributed by atoms with Crippen LogP contribution in [-0.4, -0.2) is 58.7 Å². The number of aliphatic hydroxyl groups is 1. The second kappa shape index (κ2) is 10.2. The van der Waals surface area contributed by atoms with E-state index in [-0.39, 0.29) is 18.1 Å². The number of carbonyl (C=O) groups excluding carboxylic acids is 1. The number of nitrogens with one attached hydrogen (secondary N) is 2. The summed E-state index contributed by atoms with van der Waals surface area (Å²) < 4.78 is 6.06. The minimum Gasteiger partial charge on any atom is -0.388 e. The van der Waals surface area contributed by atoms with Crippen molar-refractivity contribution in [3.63, 3.8) is 0 Å². The molecule has 2 atom stereocenters. The van der Waals surface area contributed by atoms with Crippen molar-refractivity contribution in [3.05, 3.63) is 65.9 Å². The zero-order valence-corrected chi connectivity index (χ0v) is 19.2. The number of aliphatic hydroxyl groups excluding tert-OH is 1. The summed E-state index contributed by atoms with van der Waals surface area (Å²) in [6.45, 7) is 3.93. The molecule has 2 fully saturated rings.